The quantitative estimate of drug-likeness (QED) is 0.135. The molecule has 0 atom stereocenters. The number of para-hydroxylation sites is 1. The molecule has 0 spiro atoms. The van der Waals surface area contributed by atoms with E-state index in [-0.39, 0.29) is 0 Å². The summed E-state index contributed by atoms with van der Waals surface area (Å²) in [5.41, 5.74) is 20.1. The monoisotopic (exact) mass is 816 g/mol. The average molecular weight is 817 g/mol. The number of nitrogens with zero attached hydrogens (tertiary/aromatic N) is 2. The van der Waals surface area contributed by atoms with Crippen LogP contribution in [0.1, 0.15) is 11.3 Å². The van der Waals surface area contributed by atoms with Crippen molar-refractivity contribution in [3.05, 3.63) is 244 Å². The van der Waals surface area contributed by atoms with Gasteiger partial charge in [0.2, 0.25) is 0 Å². The molecule has 12 rings (SSSR count). The van der Waals surface area contributed by atoms with Crippen LogP contribution >= 0.6 is 0 Å². The van der Waals surface area contributed by atoms with Crippen LogP contribution in [0.3, 0.4) is 0 Å². The molecular formula is C62H44N2. The maximum Gasteiger partial charge on any atom is 0.0553 e. The van der Waals surface area contributed by atoms with Crippen molar-refractivity contribution in [3.63, 3.8) is 0 Å². The molecule has 0 saturated carbocycles. The summed E-state index contributed by atoms with van der Waals surface area (Å²) in [5, 5.41) is 6.25. The molecule has 302 valence electrons. The number of hydrogen-bond donors (Lipinski definition) is 0. The highest BCUT2D eigenvalue weighted by molar-refractivity contribution is 6.29. The van der Waals surface area contributed by atoms with Gasteiger partial charge in [-0.25, -0.2) is 0 Å². The number of benzene rings is 9. The molecule has 11 aromatic rings. The van der Waals surface area contributed by atoms with Crippen LogP contribution in [0.2, 0.25) is 0 Å². The maximum absolute atomic E-state index is 4.26. The van der Waals surface area contributed by atoms with Gasteiger partial charge in [-0.15, -0.1) is 0 Å². The van der Waals surface area contributed by atoms with E-state index in [1.165, 1.54) is 82.6 Å². The fourth-order valence-electron chi connectivity index (χ4n) is 9.96. The molecular weight excluding hydrogens is 773 g/mol. The minimum absolute atomic E-state index is 1.04. The first-order valence-corrected chi connectivity index (χ1v) is 21.7. The molecule has 0 bridgehead atoms. The lowest BCUT2D eigenvalue weighted by molar-refractivity contribution is 1.11. The van der Waals surface area contributed by atoms with Crippen molar-refractivity contribution in [3.8, 4) is 67.0 Å². The summed E-state index contributed by atoms with van der Waals surface area (Å²) >= 11 is 0. The smallest absolute Gasteiger partial charge is 0.0553 e. The Morgan fingerprint density at radius 2 is 0.859 bits per heavy atom. The standard InChI is InChI=1S/C58H38N2.C4H6/c1-3-45-50-34-39(27-29-54(50)59(53(45)4-2)43-21-12-7-13-22-43)40-28-30-55-52(35-40)58-49-26-16-25-48-46-23-14-15-24-47(46)51(57(48)49)36-56(58)60(55)44-32-41(37-17-8-5-9-18-37)31-42(33-44)38-19-10-6-11-20-38;1-3-4-2/h3-36H,1-2H2;3-4H,1-2H2. The van der Waals surface area contributed by atoms with Crippen LogP contribution in [-0.4, -0.2) is 9.13 Å². The van der Waals surface area contributed by atoms with Crippen molar-refractivity contribution in [2.45, 2.75) is 0 Å². The van der Waals surface area contributed by atoms with E-state index in [1.54, 1.807) is 12.2 Å². The van der Waals surface area contributed by atoms with Gasteiger partial charge in [-0.05, 0) is 133 Å². The zero-order chi connectivity index (χ0) is 43.3. The van der Waals surface area contributed by atoms with Gasteiger partial charge in [-0.2, -0.15) is 0 Å². The van der Waals surface area contributed by atoms with Crippen LogP contribution in [0.4, 0.5) is 0 Å². The van der Waals surface area contributed by atoms with Crippen LogP contribution in [0, 0.1) is 0 Å². The van der Waals surface area contributed by atoms with Gasteiger partial charge in [-0.1, -0.05) is 178 Å². The van der Waals surface area contributed by atoms with E-state index >= 15 is 0 Å². The van der Waals surface area contributed by atoms with Crippen LogP contribution in [-0.2, 0) is 0 Å². The molecule has 0 fully saturated rings. The van der Waals surface area contributed by atoms with Crippen molar-refractivity contribution >= 4 is 55.6 Å². The fraction of sp³-hybridized carbons (Fsp3) is 0. The third kappa shape index (κ3) is 6.11. The van der Waals surface area contributed by atoms with Gasteiger partial charge in [0.1, 0.15) is 0 Å². The largest absolute Gasteiger partial charge is 0.309 e. The average Bonchev–Trinajstić information content (AvgIpc) is 4.00. The minimum Gasteiger partial charge on any atom is -0.309 e. The third-order valence-electron chi connectivity index (χ3n) is 12.7. The van der Waals surface area contributed by atoms with E-state index in [1.807, 2.05) is 12.2 Å². The van der Waals surface area contributed by atoms with Gasteiger partial charge < -0.3 is 9.13 Å². The molecule has 2 nitrogen and oxygen atoms in total. The SMILES string of the molecule is C=CC=C.C=Cc1c(C=C)n(-c2ccccc2)c2ccc(-c3ccc4c(c3)c3c5cccc6c5c(cc3n4-c3cc(-c4ccccc4)cc(-c4ccccc4)c3)-c3ccccc3-6)cc12. The molecule has 0 radical (unpaired) electrons. The molecule has 2 heteroatoms. The zero-order valence-electron chi connectivity index (χ0n) is 35.5. The molecule has 2 aromatic heterocycles. The lowest BCUT2D eigenvalue weighted by Crippen LogP contribution is -1.96. The summed E-state index contributed by atoms with van der Waals surface area (Å²) in [7, 11) is 0. The predicted octanol–water partition coefficient (Wildman–Crippen LogP) is 17.2. The Balaban J connectivity index is 0.00000110. The second kappa shape index (κ2) is 15.8. The fourth-order valence-corrected chi connectivity index (χ4v) is 9.96. The van der Waals surface area contributed by atoms with Crippen molar-refractivity contribution in [2.24, 2.45) is 0 Å². The van der Waals surface area contributed by atoms with Gasteiger partial charge >= 0.3 is 0 Å². The van der Waals surface area contributed by atoms with Crippen molar-refractivity contribution < 1.29 is 0 Å². The number of rotatable bonds is 8. The molecule has 0 aliphatic heterocycles. The Morgan fingerprint density at radius 1 is 0.312 bits per heavy atom. The second-order valence-corrected chi connectivity index (χ2v) is 16.2. The Hall–Kier alpha value is -8.46. The summed E-state index contributed by atoms with van der Waals surface area (Å²) in [6.07, 6.45) is 7.19. The Morgan fingerprint density at radius 3 is 1.45 bits per heavy atom. The maximum atomic E-state index is 4.26. The van der Waals surface area contributed by atoms with Crippen LogP contribution in [0.25, 0.3) is 123 Å². The first-order chi connectivity index (χ1) is 31.6. The Kier molecular flexibility index (Phi) is 9.48. The third-order valence-corrected chi connectivity index (χ3v) is 12.7. The molecule has 1 aliphatic carbocycles. The number of hydrogen-bond acceptors (Lipinski definition) is 0. The Bertz CT molecular complexity index is 3590. The first kappa shape index (κ1) is 38.5. The highest BCUT2D eigenvalue weighted by atomic mass is 15.0. The van der Waals surface area contributed by atoms with E-state index < -0.39 is 0 Å². The van der Waals surface area contributed by atoms with Crippen molar-refractivity contribution in [1.82, 2.24) is 9.13 Å². The highest BCUT2D eigenvalue weighted by Gasteiger charge is 2.26. The summed E-state index contributed by atoms with van der Waals surface area (Å²) in [6.45, 7) is 15.2. The zero-order valence-corrected chi connectivity index (χ0v) is 35.5. The second-order valence-electron chi connectivity index (χ2n) is 16.2. The van der Waals surface area contributed by atoms with E-state index in [4.69, 9.17) is 0 Å². The van der Waals surface area contributed by atoms with Crippen LogP contribution < -0.4 is 0 Å². The van der Waals surface area contributed by atoms with Gasteiger partial charge in [0.15, 0.2) is 0 Å². The van der Waals surface area contributed by atoms with Crippen LogP contribution in [0.15, 0.2) is 233 Å². The highest BCUT2D eigenvalue weighted by Crippen LogP contribution is 2.51. The van der Waals surface area contributed by atoms with Gasteiger partial charge in [0, 0.05) is 33.1 Å². The number of aromatic nitrogens is 2. The summed E-state index contributed by atoms with van der Waals surface area (Å²) in [6, 6.07) is 71.1. The van der Waals surface area contributed by atoms with Crippen molar-refractivity contribution in [1.29, 1.82) is 0 Å². The van der Waals surface area contributed by atoms with E-state index in [2.05, 4.69) is 230 Å². The van der Waals surface area contributed by atoms with E-state index in [0.29, 0.717) is 0 Å². The van der Waals surface area contributed by atoms with E-state index in [9.17, 15) is 0 Å². The summed E-state index contributed by atoms with van der Waals surface area (Å²) < 4.78 is 4.79. The lowest BCUT2D eigenvalue weighted by atomic mass is 9.96. The van der Waals surface area contributed by atoms with Gasteiger partial charge in [-0.3, -0.25) is 0 Å². The Labute approximate surface area is 374 Å². The molecule has 0 N–H and O–H groups in total. The lowest BCUT2D eigenvalue weighted by Gasteiger charge is -2.15. The summed E-state index contributed by atoms with van der Waals surface area (Å²) in [4.78, 5) is 0. The molecule has 0 unspecified atom stereocenters. The molecule has 64 heavy (non-hydrogen) atoms. The van der Waals surface area contributed by atoms with Crippen molar-refractivity contribution in [2.75, 3.05) is 0 Å². The normalized spacial score (nSPS) is 11.4. The minimum atomic E-state index is 1.04. The molecule has 2 heterocycles. The summed E-state index contributed by atoms with van der Waals surface area (Å²) in [5.74, 6) is 0. The van der Waals surface area contributed by atoms with Crippen LogP contribution in [0.5, 0.6) is 0 Å². The van der Waals surface area contributed by atoms with E-state index in [0.717, 1.165) is 39.1 Å². The molecule has 1 aliphatic rings. The molecule has 9 aromatic carbocycles. The van der Waals surface area contributed by atoms with Gasteiger partial charge in [0.05, 0.1) is 22.2 Å². The molecule has 0 saturated heterocycles. The van der Waals surface area contributed by atoms with Gasteiger partial charge in [0.25, 0.3) is 0 Å². The predicted molar refractivity (Wildman–Crippen MR) is 276 cm³/mol. The molecule has 0 amide bonds. The number of allylic oxidation sites excluding steroid dienone is 2. The number of fused-ring (bicyclic) bond motifs is 8. The first-order valence-electron chi connectivity index (χ1n) is 21.7. The topological polar surface area (TPSA) is 9.86 Å².